The van der Waals surface area contributed by atoms with Crippen molar-refractivity contribution in [2.75, 3.05) is 6.61 Å². The maximum absolute atomic E-state index is 12.4. The normalized spacial score (nSPS) is 22.5. The van der Waals surface area contributed by atoms with E-state index < -0.39 is 12.0 Å². The average molecular weight is 309 g/mol. The molecule has 2 N–H and O–H groups in total. The lowest BCUT2D eigenvalue weighted by atomic mass is 9.96. The summed E-state index contributed by atoms with van der Waals surface area (Å²) in [7, 11) is 1.80. The molecule has 7 heteroatoms. The molecule has 0 aliphatic carbocycles. The second-order valence-corrected chi connectivity index (χ2v) is 5.68. The summed E-state index contributed by atoms with van der Waals surface area (Å²) in [5.41, 5.74) is 0.848. The van der Waals surface area contributed by atoms with Crippen molar-refractivity contribution in [1.29, 1.82) is 0 Å². The molecular formula is C15H23N3O4. The molecule has 1 aliphatic rings. The zero-order valence-corrected chi connectivity index (χ0v) is 13.0. The number of hydrogen-bond acceptors (Lipinski definition) is 4. The number of aryl methyl sites for hydroxylation is 1. The average Bonchev–Trinajstić information content (AvgIpc) is 3.11. The number of carbonyl (C=O) groups excluding carboxylic acids is 1. The third-order valence-electron chi connectivity index (χ3n) is 3.94. The van der Waals surface area contributed by atoms with E-state index in [0.29, 0.717) is 19.4 Å². The molecule has 1 saturated heterocycles. The van der Waals surface area contributed by atoms with E-state index >= 15 is 0 Å². The van der Waals surface area contributed by atoms with Gasteiger partial charge >= 0.3 is 5.97 Å². The van der Waals surface area contributed by atoms with E-state index in [2.05, 4.69) is 10.4 Å². The van der Waals surface area contributed by atoms with Gasteiger partial charge in [0.25, 0.3) is 0 Å². The van der Waals surface area contributed by atoms with E-state index in [1.807, 2.05) is 13.1 Å². The van der Waals surface area contributed by atoms with Crippen molar-refractivity contribution in [2.45, 2.75) is 44.8 Å². The van der Waals surface area contributed by atoms with Crippen molar-refractivity contribution in [3.05, 3.63) is 18.0 Å². The number of nitrogens with one attached hydrogen (secondary N) is 1. The number of aromatic nitrogens is 2. The van der Waals surface area contributed by atoms with Crippen LogP contribution in [0.25, 0.3) is 0 Å². The van der Waals surface area contributed by atoms with Crippen LogP contribution in [0.5, 0.6) is 0 Å². The number of aliphatic carboxylic acids is 1. The Bertz CT molecular complexity index is 529. The Balaban J connectivity index is 2.02. The Labute approximate surface area is 129 Å². The summed E-state index contributed by atoms with van der Waals surface area (Å²) < 4.78 is 7.31. The van der Waals surface area contributed by atoms with Gasteiger partial charge in [-0.15, -0.1) is 0 Å². The second-order valence-electron chi connectivity index (χ2n) is 5.68. The number of rotatable bonds is 7. The van der Waals surface area contributed by atoms with Gasteiger partial charge in [0.05, 0.1) is 18.2 Å². The van der Waals surface area contributed by atoms with Crippen LogP contribution >= 0.6 is 0 Å². The first-order valence-corrected chi connectivity index (χ1v) is 7.66. The van der Waals surface area contributed by atoms with Crippen molar-refractivity contribution in [3.63, 3.8) is 0 Å². The molecule has 1 fully saturated rings. The van der Waals surface area contributed by atoms with Gasteiger partial charge in [-0.05, 0) is 12.8 Å². The highest BCUT2D eigenvalue weighted by Crippen LogP contribution is 2.34. The van der Waals surface area contributed by atoms with Crippen LogP contribution in [-0.2, 0) is 21.4 Å². The van der Waals surface area contributed by atoms with Crippen LogP contribution < -0.4 is 5.32 Å². The number of nitrogens with zero attached hydrogens (tertiary/aromatic N) is 2. The first-order valence-electron chi connectivity index (χ1n) is 7.66. The number of unbranched alkanes of at least 4 members (excludes halogenated alkanes) is 1. The number of carbonyl (C=O) groups is 2. The molecule has 0 saturated carbocycles. The molecule has 0 unspecified atom stereocenters. The van der Waals surface area contributed by atoms with Gasteiger partial charge < -0.3 is 15.2 Å². The number of carboxylic acid groups (broad SMARTS) is 1. The maximum Gasteiger partial charge on any atom is 0.326 e. The summed E-state index contributed by atoms with van der Waals surface area (Å²) in [5, 5.41) is 16.0. The summed E-state index contributed by atoms with van der Waals surface area (Å²) in [6.45, 7) is 2.48. The number of ether oxygens (including phenoxy) is 1. The lowest BCUT2D eigenvalue weighted by molar-refractivity contribution is -0.143. The maximum atomic E-state index is 12.4. The van der Waals surface area contributed by atoms with E-state index in [9.17, 15) is 14.7 Å². The second kappa shape index (κ2) is 7.40. The lowest BCUT2D eigenvalue weighted by Crippen LogP contribution is -2.44. The third-order valence-corrected chi connectivity index (χ3v) is 3.94. The van der Waals surface area contributed by atoms with Gasteiger partial charge in [-0.25, -0.2) is 4.79 Å². The van der Waals surface area contributed by atoms with Crippen LogP contribution in [0.1, 0.15) is 44.3 Å². The van der Waals surface area contributed by atoms with Crippen molar-refractivity contribution < 1.29 is 19.4 Å². The molecule has 1 aromatic rings. The zero-order chi connectivity index (χ0) is 16.1. The van der Waals surface area contributed by atoms with Crippen molar-refractivity contribution in [2.24, 2.45) is 13.0 Å². The summed E-state index contributed by atoms with van der Waals surface area (Å²) in [6, 6.07) is -0.831. The van der Waals surface area contributed by atoms with Crippen LogP contribution in [0, 0.1) is 5.92 Å². The monoisotopic (exact) mass is 309 g/mol. The Morgan fingerprint density at radius 2 is 2.36 bits per heavy atom. The summed E-state index contributed by atoms with van der Waals surface area (Å²) in [4.78, 5) is 23.7. The molecule has 1 aromatic heterocycles. The summed E-state index contributed by atoms with van der Waals surface area (Å²) >= 11 is 0. The molecule has 3 atom stereocenters. The van der Waals surface area contributed by atoms with E-state index in [1.54, 1.807) is 17.9 Å². The van der Waals surface area contributed by atoms with Crippen LogP contribution in [0.15, 0.2) is 12.4 Å². The highest BCUT2D eigenvalue weighted by molar-refractivity contribution is 5.85. The Morgan fingerprint density at radius 1 is 1.59 bits per heavy atom. The quantitative estimate of drug-likeness (QED) is 0.791. The number of hydrogen-bond donors (Lipinski definition) is 2. The predicted molar refractivity (Wildman–Crippen MR) is 79.1 cm³/mol. The summed E-state index contributed by atoms with van der Waals surface area (Å²) in [5.74, 6) is -1.61. The van der Waals surface area contributed by atoms with E-state index in [4.69, 9.17) is 4.74 Å². The first-order chi connectivity index (χ1) is 10.5. The van der Waals surface area contributed by atoms with E-state index in [-0.39, 0.29) is 17.9 Å². The molecule has 2 heterocycles. The Hall–Kier alpha value is -1.89. The molecule has 1 aliphatic heterocycles. The fraction of sp³-hybridized carbons (Fsp3) is 0.667. The topological polar surface area (TPSA) is 93.5 Å². The molecule has 1 amide bonds. The first kappa shape index (κ1) is 16.5. The van der Waals surface area contributed by atoms with Gasteiger partial charge in [0.15, 0.2) is 0 Å². The highest BCUT2D eigenvalue weighted by Gasteiger charge is 2.37. The SMILES string of the molecule is CCCC[C@H](NC(=O)[C@H]1CCO[C@@H]1c1cnn(C)c1)C(=O)O. The molecule has 0 aromatic carbocycles. The van der Waals surface area contributed by atoms with Crippen molar-refractivity contribution in [1.82, 2.24) is 15.1 Å². The lowest BCUT2D eigenvalue weighted by Gasteiger charge is -2.20. The van der Waals surface area contributed by atoms with E-state index in [0.717, 1.165) is 18.4 Å². The van der Waals surface area contributed by atoms with Gasteiger partial charge in [0, 0.05) is 25.4 Å². The predicted octanol–water partition coefficient (Wildman–Crippen LogP) is 1.26. The molecule has 0 spiro atoms. The fourth-order valence-corrected chi connectivity index (χ4v) is 2.72. The number of carboxylic acids is 1. The van der Waals surface area contributed by atoms with Gasteiger partial charge in [-0.2, -0.15) is 5.10 Å². The molecule has 0 bridgehead atoms. The largest absolute Gasteiger partial charge is 0.480 e. The standard InChI is InChI=1S/C15H23N3O4/c1-3-4-5-12(15(20)21)17-14(19)11-6-7-22-13(11)10-8-16-18(2)9-10/h8-9,11-13H,3-7H2,1-2H3,(H,17,19)(H,20,21)/t11-,12-,13+/m0/s1. The van der Waals surface area contributed by atoms with Gasteiger partial charge in [0.1, 0.15) is 6.04 Å². The molecule has 22 heavy (non-hydrogen) atoms. The van der Waals surface area contributed by atoms with Gasteiger partial charge in [-0.1, -0.05) is 19.8 Å². The number of amides is 1. The minimum absolute atomic E-state index is 0.255. The molecule has 2 rings (SSSR count). The minimum Gasteiger partial charge on any atom is -0.480 e. The van der Waals surface area contributed by atoms with Gasteiger partial charge in [-0.3, -0.25) is 9.48 Å². The van der Waals surface area contributed by atoms with E-state index in [1.165, 1.54) is 0 Å². The van der Waals surface area contributed by atoms with Crippen LogP contribution in [0.2, 0.25) is 0 Å². The molecule has 0 radical (unpaired) electrons. The fourth-order valence-electron chi connectivity index (χ4n) is 2.72. The zero-order valence-electron chi connectivity index (χ0n) is 13.0. The third kappa shape index (κ3) is 3.85. The molecular weight excluding hydrogens is 286 g/mol. The summed E-state index contributed by atoms with van der Waals surface area (Å²) in [6.07, 6.45) is 5.85. The van der Waals surface area contributed by atoms with Gasteiger partial charge in [0.2, 0.25) is 5.91 Å². The Kier molecular flexibility index (Phi) is 5.54. The molecule has 7 nitrogen and oxygen atoms in total. The van der Waals surface area contributed by atoms with Crippen molar-refractivity contribution >= 4 is 11.9 Å². The minimum atomic E-state index is -0.987. The molecule has 122 valence electrons. The van der Waals surface area contributed by atoms with Crippen LogP contribution in [0.4, 0.5) is 0 Å². The van der Waals surface area contributed by atoms with Crippen LogP contribution in [-0.4, -0.2) is 39.4 Å². The Morgan fingerprint density at radius 3 is 2.95 bits per heavy atom. The smallest absolute Gasteiger partial charge is 0.326 e. The van der Waals surface area contributed by atoms with Crippen molar-refractivity contribution in [3.8, 4) is 0 Å². The van der Waals surface area contributed by atoms with Crippen LogP contribution in [0.3, 0.4) is 0 Å². The highest BCUT2D eigenvalue weighted by atomic mass is 16.5.